The molecule has 2 bridgehead atoms. The molecular formula is C22H28N4O. The van der Waals surface area contributed by atoms with Crippen molar-refractivity contribution in [3.8, 4) is 11.4 Å². The molecule has 1 aliphatic carbocycles. The fourth-order valence-electron chi connectivity index (χ4n) is 5.40. The fourth-order valence-corrected chi connectivity index (χ4v) is 5.40. The van der Waals surface area contributed by atoms with E-state index in [0.717, 1.165) is 30.9 Å². The average Bonchev–Trinajstić information content (AvgIpc) is 3.29. The van der Waals surface area contributed by atoms with E-state index in [-0.39, 0.29) is 6.61 Å². The Hall–Kier alpha value is -1.85. The molecule has 0 spiro atoms. The Morgan fingerprint density at radius 2 is 1.81 bits per heavy atom. The van der Waals surface area contributed by atoms with Gasteiger partial charge in [-0.15, -0.1) is 0 Å². The van der Waals surface area contributed by atoms with E-state index in [4.69, 9.17) is 9.97 Å². The molecule has 6 rings (SSSR count). The lowest BCUT2D eigenvalue weighted by Gasteiger charge is -2.49. The second-order valence-corrected chi connectivity index (χ2v) is 8.48. The summed E-state index contributed by atoms with van der Waals surface area (Å²) < 4.78 is 0. The summed E-state index contributed by atoms with van der Waals surface area (Å²) in [5, 5.41) is 9.68. The highest BCUT2D eigenvalue weighted by atomic mass is 16.3. The van der Waals surface area contributed by atoms with Gasteiger partial charge in [-0.25, -0.2) is 9.97 Å². The summed E-state index contributed by atoms with van der Waals surface area (Å²) in [5.74, 6) is 2.53. The largest absolute Gasteiger partial charge is 0.395 e. The maximum Gasteiger partial charge on any atom is 0.159 e. The number of nitrogens with zero attached hydrogens (tertiary/aromatic N) is 4. The van der Waals surface area contributed by atoms with Crippen molar-refractivity contribution in [2.75, 3.05) is 19.7 Å². The number of aliphatic hydroxyl groups is 1. The lowest BCUT2D eigenvalue weighted by atomic mass is 9.74. The zero-order valence-electron chi connectivity index (χ0n) is 15.8. The van der Waals surface area contributed by atoms with Crippen molar-refractivity contribution in [2.24, 2.45) is 5.92 Å². The second-order valence-electron chi connectivity index (χ2n) is 8.48. The van der Waals surface area contributed by atoms with Crippen LogP contribution in [0.15, 0.2) is 30.6 Å². The van der Waals surface area contributed by atoms with Crippen LogP contribution in [-0.2, 0) is 0 Å². The summed E-state index contributed by atoms with van der Waals surface area (Å²) >= 11 is 0. The summed E-state index contributed by atoms with van der Waals surface area (Å²) in [7, 11) is 0. The van der Waals surface area contributed by atoms with E-state index in [1.54, 1.807) is 0 Å². The zero-order valence-corrected chi connectivity index (χ0v) is 15.8. The van der Waals surface area contributed by atoms with Gasteiger partial charge in [0.15, 0.2) is 5.82 Å². The summed E-state index contributed by atoms with van der Waals surface area (Å²) in [4.78, 5) is 16.6. The van der Waals surface area contributed by atoms with Gasteiger partial charge >= 0.3 is 0 Å². The number of pyridine rings is 1. The Labute approximate surface area is 160 Å². The molecular weight excluding hydrogens is 336 g/mol. The number of aromatic nitrogens is 3. The van der Waals surface area contributed by atoms with Crippen LogP contribution < -0.4 is 0 Å². The van der Waals surface area contributed by atoms with Crippen LogP contribution in [0.3, 0.4) is 0 Å². The van der Waals surface area contributed by atoms with Crippen LogP contribution >= 0.6 is 0 Å². The minimum atomic E-state index is 0.280. The minimum absolute atomic E-state index is 0.280. The van der Waals surface area contributed by atoms with Crippen molar-refractivity contribution in [1.29, 1.82) is 0 Å². The van der Waals surface area contributed by atoms with Gasteiger partial charge in [-0.05, 0) is 56.3 Å². The number of rotatable bonds is 4. The van der Waals surface area contributed by atoms with E-state index in [1.807, 2.05) is 24.5 Å². The molecule has 2 aromatic rings. The third kappa shape index (κ3) is 3.27. The maximum absolute atomic E-state index is 9.68. The molecule has 1 unspecified atom stereocenters. The number of piperidine rings is 3. The Kier molecular flexibility index (Phi) is 4.66. The van der Waals surface area contributed by atoms with Crippen molar-refractivity contribution < 1.29 is 5.11 Å². The molecule has 0 radical (unpaired) electrons. The van der Waals surface area contributed by atoms with Crippen LogP contribution in [-0.4, -0.2) is 50.7 Å². The highest BCUT2D eigenvalue weighted by Gasteiger charge is 2.41. The molecule has 27 heavy (non-hydrogen) atoms. The quantitative estimate of drug-likeness (QED) is 0.901. The van der Waals surface area contributed by atoms with Gasteiger partial charge in [0.2, 0.25) is 0 Å². The van der Waals surface area contributed by atoms with Gasteiger partial charge in [0.1, 0.15) is 0 Å². The molecule has 4 fully saturated rings. The topological polar surface area (TPSA) is 62.1 Å². The molecule has 5 nitrogen and oxygen atoms in total. The second kappa shape index (κ2) is 7.28. The molecule has 0 aromatic carbocycles. The summed E-state index contributed by atoms with van der Waals surface area (Å²) in [6.45, 7) is 2.42. The smallest absolute Gasteiger partial charge is 0.159 e. The fraction of sp³-hybridized carbons (Fsp3) is 0.591. The van der Waals surface area contributed by atoms with Crippen LogP contribution in [0.1, 0.15) is 61.7 Å². The van der Waals surface area contributed by atoms with Crippen molar-refractivity contribution in [1.82, 2.24) is 19.9 Å². The maximum atomic E-state index is 9.68. The van der Waals surface area contributed by atoms with Crippen LogP contribution in [0.2, 0.25) is 0 Å². The summed E-state index contributed by atoms with van der Waals surface area (Å²) in [6.07, 6.45) is 11.1. The Bertz CT molecular complexity index is 790. The first kappa shape index (κ1) is 17.3. The van der Waals surface area contributed by atoms with Crippen LogP contribution in [0, 0.1) is 5.92 Å². The van der Waals surface area contributed by atoms with Gasteiger partial charge in [-0.3, -0.25) is 9.88 Å². The minimum Gasteiger partial charge on any atom is -0.395 e. The average molecular weight is 364 g/mol. The molecule has 5 heteroatoms. The standard InChI is InChI=1S/C22H28N4O/c27-14-18-11-17-7-10-26(18)13-19(17)21-12-20(15-3-1-2-4-15)24-22(25-21)16-5-8-23-9-6-16/h5-6,8-9,12,15,17-19,27H,1-4,7,10-11,13-14H2/t17-,18+,19+/m0/s1. The Balaban J connectivity index is 1.52. The molecule has 3 aliphatic heterocycles. The van der Waals surface area contributed by atoms with E-state index >= 15 is 0 Å². The molecule has 5 heterocycles. The lowest BCUT2D eigenvalue weighted by Crippen LogP contribution is -2.53. The number of fused-ring (bicyclic) bond motifs is 3. The van der Waals surface area contributed by atoms with Crippen LogP contribution in [0.5, 0.6) is 0 Å². The Morgan fingerprint density at radius 1 is 1.04 bits per heavy atom. The molecule has 0 amide bonds. The monoisotopic (exact) mass is 364 g/mol. The SMILES string of the molecule is OC[C@H]1C[C@@H]2CCN1C[C@H]2c1cc(C2CCCC2)nc(-c2ccncc2)n1. The molecule has 1 N–H and O–H groups in total. The highest BCUT2D eigenvalue weighted by molar-refractivity contribution is 5.54. The number of hydrogen-bond acceptors (Lipinski definition) is 5. The van der Waals surface area contributed by atoms with E-state index in [1.165, 1.54) is 43.5 Å². The molecule has 4 atom stereocenters. The van der Waals surface area contributed by atoms with Gasteiger partial charge in [-0.2, -0.15) is 0 Å². The molecule has 4 aliphatic rings. The predicted molar refractivity (Wildman–Crippen MR) is 104 cm³/mol. The highest BCUT2D eigenvalue weighted by Crippen LogP contribution is 2.42. The molecule has 3 saturated heterocycles. The predicted octanol–water partition coefficient (Wildman–Crippen LogP) is 3.37. The van der Waals surface area contributed by atoms with Gasteiger partial charge in [0.05, 0.1) is 6.61 Å². The molecule has 1 saturated carbocycles. The number of hydrogen-bond donors (Lipinski definition) is 1. The summed E-state index contributed by atoms with van der Waals surface area (Å²) in [6, 6.07) is 6.67. The van der Waals surface area contributed by atoms with Crippen LogP contribution in [0.25, 0.3) is 11.4 Å². The number of aliphatic hydroxyl groups excluding tert-OH is 1. The normalized spacial score (nSPS) is 30.7. The van der Waals surface area contributed by atoms with E-state index in [9.17, 15) is 5.11 Å². The first-order valence-corrected chi connectivity index (χ1v) is 10.5. The third-order valence-corrected chi connectivity index (χ3v) is 6.95. The van der Waals surface area contributed by atoms with Crippen LogP contribution in [0.4, 0.5) is 0 Å². The van der Waals surface area contributed by atoms with E-state index in [0.29, 0.717) is 23.8 Å². The van der Waals surface area contributed by atoms with Crippen molar-refractivity contribution in [2.45, 2.75) is 56.4 Å². The zero-order chi connectivity index (χ0) is 18.2. The van der Waals surface area contributed by atoms with E-state index < -0.39 is 0 Å². The van der Waals surface area contributed by atoms with Gasteiger partial charge in [-0.1, -0.05) is 12.8 Å². The first-order chi connectivity index (χ1) is 13.3. The first-order valence-electron chi connectivity index (χ1n) is 10.5. The van der Waals surface area contributed by atoms with Gasteiger partial charge in [0, 0.05) is 53.8 Å². The van der Waals surface area contributed by atoms with Crippen molar-refractivity contribution in [3.63, 3.8) is 0 Å². The third-order valence-electron chi connectivity index (χ3n) is 6.95. The van der Waals surface area contributed by atoms with Gasteiger partial charge < -0.3 is 5.11 Å². The molecule has 142 valence electrons. The Morgan fingerprint density at radius 3 is 2.52 bits per heavy atom. The van der Waals surface area contributed by atoms with Crippen molar-refractivity contribution in [3.05, 3.63) is 42.0 Å². The summed E-state index contributed by atoms with van der Waals surface area (Å²) in [5.41, 5.74) is 3.50. The van der Waals surface area contributed by atoms with Crippen molar-refractivity contribution >= 4 is 0 Å². The molecule has 2 aromatic heterocycles. The van der Waals surface area contributed by atoms with E-state index in [2.05, 4.69) is 16.0 Å². The lowest BCUT2D eigenvalue weighted by molar-refractivity contribution is 0.00184. The van der Waals surface area contributed by atoms with Gasteiger partial charge in [0.25, 0.3) is 0 Å².